The van der Waals surface area contributed by atoms with Crippen molar-refractivity contribution in [1.29, 1.82) is 0 Å². The molecule has 0 saturated carbocycles. The zero-order valence-electron chi connectivity index (χ0n) is 13.1. The van der Waals surface area contributed by atoms with E-state index >= 15 is 0 Å². The van der Waals surface area contributed by atoms with Crippen molar-refractivity contribution in [3.05, 3.63) is 21.9 Å². The number of likely N-dealkylation sites (tertiary alicyclic amines) is 1. The maximum Gasteiger partial charge on any atom is 0.317 e. The van der Waals surface area contributed by atoms with Crippen LogP contribution in [0.1, 0.15) is 43.7 Å². The number of nitrogens with one attached hydrogen (secondary N) is 1. The van der Waals surface area contributed by atoms with Crippen LogP contribution in [0.4, 0.5) is 4.79 Å². The quantitative estimate of drug-likeness (QED) is 0.903. The van der Waals surface area contributed by atoms with E-state index in [1.807, 2.05) is 4.90 Å². The van der Waals surface area contributed by atoms with E-state index in [-0.39, 0.29) is 6.03 Å². The summed E-state index contributed by atoms with van der Waals surface area (Å²) in [5.74, 6) is 0. The van der Waals surface area contributed by atoms with E-state index in [1.54, 1.807) is 11.3 Å². The first-order valence-corrected chi connectivity index (χ1v) is 8.81. The molecule has 0 spiro atoms. The summed E-state index contributed by atoms with van der Waals surface area (Å²) >= 11 is 1.68. The number of hydrogen-bond acceptors (Lipinski definition) is 3. The Bertz CT molecular complexity index is 447. The molecule has 0 bridgehead atoms. The Morgan fingerprint density at radius 3 is 3.00 bits per heavy atom. The number of amides is 2. The normalized spacial score (nSPS) is 19.3. The predicted molar refractivity (Wildman–Crippen MR) is 86.7 cm³/mol. The van der Waals surface area contributed by atoms with Gasteiger partial charge in [-0.2, -0.15) is 11.3 Å². The highest BCUT2D eigenvalue weighted by Crippen LogP contribution is 2.16. The number of carbonyl (C=O) groups is 1. The third-order valence-corrected chi connectivity index (χ3v) is 4.82. The van der Waals surface area contributed by atoms with Crippen LogP contribution in [0.3, 0.4) is 0 Å². The molecule has 1 fully saturated rings. The van der Waals surface area contributed by atoms with E-state index in [4.69, 9.17) is 4.74 Å². The molecule has 4 nitrogen and oxygen atoms in total. The fraction of sp³-hybridized carbons (Fsp3) is 0.688. The van der Waals surface area contributed by atoms with Crippen LogP contribution in [-0.2, 0) is 11.3 Å². The number of hydrogen-bond donors (Lipinski definition) is 1. The molecule has 0 aromatic carbocycles. The van der Waals surface area contributed by atoms with E-state index < -0.39 is 0 Å². The predicted octanol–water partition coefficient (Wildman–Crippen LogP) is 3.55. The average molecular weight is 310 g/mol. The molecular formula is C16H26N2O2S. The van der Waals surface area contributed by atoms with Crippen molar-refractivity contribution in [2.45, 2.75) is 52.2 Å². The van der Waals surface area contributed by atoms with E-state index in [2.05, 4.69) is 29.9 Å². The molecule has 2 rings (SSSR count). The van der Waals surface area contributed by atoms with Crippen LogP contribution >= 0.6 is 11.3 Å². The minimum absolute atomic E-state index is 0.0525. The van der Waals surface area contributed by atoms with Gasteiger partial charge in [0.2, 0.25) is 0 Å². The molecule has 5 heteroatoms. The first kappa shape index (κ1) is 16.3. The summed E-state index contributed by atoms with van der Waals surface area (Å²) in [4.78, 5) is 14.2. The molecule has 0 radical (unpaired) electrons. The Labute approximate surface area is 131 Å². The number of thiophene rings is 1. The number of urea groups is 1. The zero-order chi connectivity index (χ0) is 15.1. The number of nitrogens with zero attached hydrogens (tertiary/aromatic N) is 1. The molecule has 0 unspecified atom stereocenters. The molecule has 2 heterocycles. The van der Waals surface area contributed by atoms with Gasteiger partial charge in [0.1, 0.15) is 0 Å². The van der Waals surface area contributed by atoms with Gasteiger partial charge in [-0.1, -0.05) is 6.92 Å². The molecule has 1 aromatic heterocycles. The Morgan fingerprint density at radius 2 is 2.29 bits per heavy atom. The molecule has 1 atom stereocenters. The summed E-state index contributed by atoms with van der Waals surface area (Å²) in [5, 5.41) is 7.25. The Hall–Kier alpha value is -1.07. The average Bonchev–Trinajstić information content (AvgIpc) is 2.75. The molecule has 118 valence electrons. The lowest BCUT2D eigenvalue weighted by atomic mass is 10.2. The maximum absolute atomic E-state index is 12.3. The fourth-order valence-corrected chi connectivity index (χ4v) is 3.43. The second-order valence-corrected chi connectivity index (χ2v) is 6.39. The van der Waals surface area contributed by atoms with Crippen molar-refractivity contribution in [3.63, 3.8) is 0 Å². The molecule has 2 amide bonds. The number of carbonyl (C=O) groups excluding carboxylic acids is 1. The minimum atomic E-state index is 0.0525. The van der Waals surface area contributed by atoms with Gasteiger partial charge in [0.05, 0.1) is 6.10 Å². The minimum Gasteiger partial charge on any atom is -0.378 e. The first-order chi connectivity index (χ1) is 10.2. The number of aryl methyl sites for hydroxylation is 1. The van der Waals surface area contributed by atoms with Crippen molar-refractivity contribution < 1.29 is 9.53 Å². The summed E-state index contributed by atoms with van der Waals surface area (Å²) < 4.78 is 5.82. The van der Waals surface area contributed by atoms with Crippen LogP contribution in [0.5, 0.6) is 0 Å². The molecule has 1 aliphatic heterocycles. The molecule has 1 aliphatic rings. The van der Waals surface area contributed by atoms with Crippen molar-refractivity contribution in [2.24, 2.45) is 0 Å². The van der Waals surface area contributed by atoms with E-state index in [1.165, 1.54) is 11.1 Å². The third-order valence-electron chi connectivity index (χ3n) is 3.91. The van der Waals surface area contributed by atoms with Crippen LogP contribution in [0.2, 0.25) is 0 Å². The molecule has 21 heavy (non-hydrogen) atoms. The second kappa shape index (κ2) is 8.39. The van der Waals surface area contributed by atoms with Gasteiger partial charge in [-0.15, -0.1) is 0 Å². The SMILES string of the molecule is CCCO[C@H]1CCCN(C(=O)NCc2cscc2C)CC1. The van der Waals surface area contributed by atoms with Crippen molar-refractivity contribution in [2.75, 3.05) is 19.7 Å². The Balaban J connectivity index is 1.76. The van der Waals surface area contributed by atoms with E-state index in [0.29, 0.717) is 12.6 Å². The topological polar surface area (TPSA) is 41.6 Å². The molecule has 1 aromatic rings. The third kappa shape index (κ3) is 5.00. The largest absolute Gasteiger partial charge is 0.378 e. The number of ether oxygens (including phenoxy) is 1. The monoisotopic (exact) mass is 310 g/mol. The van der Waals surface area contributed by atoms with E-state index in [0.717, 1.165) is 45.4 Å². The highest BCUT2D eigenvalue weighted by molar-refractivity contribution is 7.08. The maximum atomic E-state index is 12.3. The van der Waals surface area contributed by atoms with Crippen LogP contribution in [-0.4, -0.2) is 36.7 Å². The highest BCUT2D eigenvalue weighted by Gasteiger charge is 2.20. The lowest BCUT2D eigenvalue weighted by Crippen LogP contribution is -2.40. The van der Waals surface area contributed by atoms with Crippen LogP contribution in [0.25, 0.3) is 0 Å². The highest BCUT2D eigenvalue weighted by atomic mass is 32.1. The van der Waals surface area contributed by atoms with Crippen molar-refractivity contribution in [3.8, 4) is 0 Å². The van der Waals surface area contributed by atoms with Gasteiger partial charge >= 0.3 is 6.03 Å². The van der Waals surface area contributed by atoms with Gasteiger partial charge in [0.15, 0.2) is 0 Å². The van der Waals surface area contributed by atoms with Gasteiger partial charge in [-0.05, 0) is 54.5 Å². The van der Waals surface area contributed by atoms with Gasteiger partial charge in [0.25, 0.3) is 0 Å². The summed E-state index contributed by atoms with van der Waals surface area (Å²) in [6, 6.07) is 0.0525. The van der Waals surface area contributed by atoms with Crippen molar-refractivity contribution in [1.82, 2.24) is 10.2 Å². The molecule has 1 N–H and O–H groups in total. The van der Waals surface area contributed by atoms with Crippen LogP contribution < -0.4 is 5.32 Å². The Kier molecular flexibility index (Phi) is 6.51. The Morgan fingerprint density at radius 1 is 1.43 bits per heavy atom. The fourth-order valence-electron chi connectivity index (χ4n) is 2.57. The smallest absolute Gasteiger partial charge is 0.317 e. The van der Waals surface area contributed by atoms with Gasteiger partial charge in [-0.3, -0.25) is 0 Å². The molecular weight excluding hydrogens is 284 g/mol. The van der Waals surface area contributed by atoms with Crippen molar-refractivity contribution >= 4 is 17.4 Å². The summed E-state index contributed by atoms with van der Waals surface area (Å²) in [7, 11) is 0. The summed E-state index contributed by atoms with van der Waals surface area (Å²) in [6.07, 6.45) is 4.42. The van der Waals surface area contributed by atoms with E-state index in [9.17, 15) is 4.79 Å². The second-order valence-electron chi connectivity index (χ2n) is 5.65. The van der Waals surface area contributed by atoms with Gasteiger partial charge in [-0.25, -0.2) is 4.79 Å². The molecule has 1 saturated heterocycles. The lowest BCUT2D eigenvalue weighted by Gasteiger charge is -2.21. The van der Waals surface area contributed by atoms with Gasteiger partial charge < -0.3 is 15.0 Å². The standard InChI is InChI=1S/C16H26N2O2S/c1-3-9-20-15-5-4-7-18(8-6-15)16(19)17-10-14-12-21-11-13(14)2/h11-12,15H,3-10H2,1-2H3,(H,17,19)/t15-/m0/s1. The lowest BCUT2D eigenvalue weighted by molar-refractivity contribution is 0.0445. The van der Waals surface area contributed by atoms with Crippen LogP contribution in [0.15, 0.2) is 10.8 Å². The summed E-state index contributed by atoms with van der Waals surface area (Å²) in [5.41, 5.74) is 2.47. The molecule has 0 aliphatic carbocycles. The number of rotatable bonds is 5. The summed E-state index contributed by atoms with van der Waals surface area (Å²) in [6.45, 7) is 7.29. The zero-order valence-corrected chi connectivity index (χ0v) is 13.9. The van der Waals surface area contributed by atoms with Crippen LogP contribution in [0, 0.1) is 6.92 Å². The van der Waals surface area contributed by atoms with Gasteiger partial charge in [0, 0.05) is 26.2 Å². The first-order valence-electron chi connectivity index (χ1n) is 7.86.